The van der Waals surface area contributed by atoms with Crippen molar-refractivity contribution in [2.75, 3.05) is 20.6 Å². The minimum atomic E-state index is -3.82. The number of amides is 1. The zero-order chi connectivity index (χ0) is 26.0. The normalized spacial score (nSPS) is 12.6. The molecule has 8 nitrogen and oxygen atoms in total. The Balaban J connectivity index is 1.79. The number of rotatable bonds is 8. The smallest absolute Gasteiger partial charge is 0.261 e. The SMILES string of the molecule is Cc1ccc(NS(=O)(=O)c2ccc(NC(=O)[C@@H](C)N(c3cc(C)ccc3C)S(C)(=O)=O)cc2)cc1. The van der Waals surface area contributed by atoms with Crippen molar-refractivity contribution in [1.82, 2.24) is 0 Å². The van der Waals surface area contributed by atoms with Gasteiger partial charge in [-0.3, -0.25) is 13.8 Å². The lowest BCUT2D eigenvalue weighted by molar-refractivity contribution is -0.116. The third-order valence-electron chi connectivity index (χ3n) is 5.43. The first-order valence-corrected chi connectivity index (χ1v) is 14.2. The maximum atomic E-state index is 13.0. The summed E-state index contributed by atoms with van der Waals surface area (Å²) in [6, 6.07) is 17.0. The van der Waals surface area contributed by atoms with Crippen LogP contribution in [0, 0.1) is 20.8 Å². The topological polar surface area (TPSA) is 113 Å². The molecule has 0 bridgehead atoms. The van der Waals surface area contributed by atoms with E-state index in [2.05, 4.69) is 10.0 Å². The molecule has 10 heteroatoms. The maximum Gasteiger partial charge on any atom is 0.261 e. The van der Waals surface area contributed by atoms with E-state index in [1.807, 2.05) is 19.9 Å². The predicted octanol–water partition coefficient (Wildman–Crippen LogP) is 4.21. The molecule has 0 aromatic heterocycles. The monoisotopic (exact) mass is 515 g/mol. The molecule has 0 aliphatic carbocycles. The molecule has 0 saturated heterocycles. The Morgan fingerprint density at radius 1 is 0.800 bits per heavy atom. The first kappa shape index (κ1) is 26.2. The summed E-state index contributed by atoms with van der Waals surface area (Å²) in [6.45, 7) is 7.03. The van der Waals surface area contributed by atoms with Gasteiger partial charge in [-0.15, -0.1) is 0 Å². The highest BCUT2D eigenvalue weighted by molar-refractivity contribution is 7.92. The molecule has 0 fully saturated rings. The molecule has 186 valence electrons. The number of aryl methyl sites for hydroxylation is 3. The summed E-state index contributed by atoms with van der Waals surface area (Å²) in [7, 11) is -7.58. The van der Waals surface area contributed by atoms with Gasteiger partial charge in [-0.25, -0.2) is 16.8 Å². The minimum absolute atomic E-state index is 0.0253. The Morgan fingerprint density at radius 3 is 1.91 bits per heavy atom. The zero-order valence-corrected chi connectivity index (χ0v) is 21.9. The number of benzene rings is 3. The van der Waals surface area contributed by atoms with E-state index in [9.17, 15) is 21.6 Å². The Kier molecular flexibility index (Phi) is 7.56. The molecule has 2 N–H and O–H groups in total. The molecular weight excluding hydrogens is 486 g/mol. The second kappa shape index (κ2) is 10.1. The molecule has 0 heterocycles. The van der Waals surface area contributed by atoms with Gasteiger partial charge in [-0.1, -0.05) is 29.8 Å². The number of carbonyl (C=O) groups excluding carboxylic acids is 1. The van der Waals surface area contributed by atoms with Crippen molar-refractivity contribution >= 4 is 43.0 Å². The predicted molar refractivity (Wildman–Crippen MR) is 140 cm³/mol. The van der Waals surface area contributed by atoms with Gasteiger partial charge in [0.2, 0.25) is 15.9 Å². The van der Waals surface area contributed by atoms with Crippen LogP contribution in [0.1, 0.15) is 23.6 Å². The summed E-state index contributed by atoms with van der Waals surface area (Å²) in [5.41, 5.74) is 3.80. The highest BCUT2D eigenvalue weighted by Crippen LogP contribution is 2.27. The van der Waals surface area contributed by atoms with Gasteiger partial charge in [0, 0.05) is 11.4 Å². The van der Waals surface area contributed by atoms with E-state index in [0.29, 0.717) is 17.1 Å². The Labute approximate surface area is 207 Å². The molecule has 0 spiro atoms. The third kappa shape index (κ3) is 6.40. The fraction of sp³-hybridized carbons (Fsp3) is 0.240. The second-order valence-electron chi connectivity index (χ2n) is 8.51. The molecule has 1 amide bonds. The Hall–Kier alpha value is -3.37. The minimum Gasteiger partial charge on any atom is -0.324 e. The van der Waals surface area contributed by atoms with E-state index in [4.69, 9.17) is 0 Å². The molecule has 0 aliphatic rings. The number of carbonyl (C=O) groups is 1. The van der Waals surface area contributed by atoms with Gasteiger partial charge in [0.1, 0.15) is 6.04 Å². The zero-order valence-electron chi connectivity index (χ0n) is 20.2. The van der Waals surface area contributed by atoms with Crippen molar-refractivity contribution in [3.8, 4) is 0 Å². The lowest BCUT2D eigenvalue weighted by atomic mass is 10.1. The summed E-state index contributed by atoms with van der Waals surface area (Å²) in [6.07, 6.45) is 1.05. The molecule has 3 rings (SSSR count). The van der Waals surface area contributed by atoms with Gasteiger partial charge in [-0.05, 0) is 81.3 Å². The van der Waals surface area contributed by atoms with Crippen molar-refractivity contribution in [2.24, 2.45) is 0 Å². The van der Waals surface area contributed by atoms with E-state index in [0.717, 1.165) is 27.3 Å². The number of anilines is 3. The molecule has 0 radical (unpaired) electrons. The van der Waals surface area contributed by atoms with E-state index in [1.54, 1.807) is 43.3 Å². The van der Waals surface area contributed by atoms with Crippen LogP contribution in [0.5, 0.6) is 0 Å². The molecule has 3 aromatic rings. The summed E-state index contributed by atoms with van der Waals surface area (Å²) in [5, 5.41) is 2.67. The van der Waals surface area contributed by atoms with Gasteiger partial charge in [0.15, 0.2) is 0 Å². The standard InChI is InChI=1S/C25H29N3O5S2/c1-17-7-10-22(11-8-17)27-35(32,33)23-14-12-21(13-15-23)26-25(29)20(4)28(34(5,30)31)24-16-18(2)6-9-19(24)3/h6-16,20,27H,1-5H3,(H,26,29)/t20-/m1/s1. The first-order valence-electron chi connectivity index (χ1n) is 10.8. The lowest BCUT2D eigenvalue weighted by Crippen LogP contribution is -2.45. The third-order valence-corrected chi connectivity index (χ3v) is 8.05. The Bertz CT molecular complexity index is 1430. The van der Waals surface area contributed by atoms with Crippen molar-refractivity contribution in [2.45, 2.75) is 38.6 Å². The van der Waals surface area contributed by atoms with Crippen LogP contribution in [0.4, 0.5) is 17.1 Å². The fourth-order valence-electron chi connectivity index (χ4n) is 3.54. The molecule has 35 heavy (non-hydrogen) atoms. The van der Waals surface area contributed by atoms with Crippen molar-refractivity contribution in [3.63, 3.8) is 0 Å². The van der Waals surface area contributed by atoms with Crippen LogP contribution in [-0.4, -0.2) is 35.0 Å². The maximum absolute atomic E-state index is 13.0. The van der Waals surface area contributed by atoms with Crippen LogP contribution >= 0.6 is 0 Å². The number of hydrogen-bond donors (Lipinski definition) is 2. The molecule has 0 aliphatic heterocycles. The number of nitrogens with one attached hydrogen (secondary N) is 2. The van der Waals surface area contributed by atoms with Gasteiger partial charge in [0.25, 0.3) is 10.0 Å². The molecule has 3 aromatic carbocycles. The van der Waals surface area contributed by atoms with Crippen LogP contribution in [-0.2, 0) is 24.8 Å². The molecule has 1 atom stereocenters. The molecule has 0 saturated carbocycles. The number of hydrogen-bond acceptors (Lipinski definition) is 5. The van der Waals surface area contributed by atoms with Crippen LogP contribution < -0.4 is 14.3 Å². The molecular formula is C25H29N3O5S2. The fourth-order valence-corrected chi connectivity index (χ4v) is 5.82. The summed E-state index contributed by atoms with van der Waals surface area (Å²) < 4.78 is 54.1. The van der Waals surface area contributed by atoms with Crippen molar-refractivity contribution in [3.05, 3.63) is 83.4 Å². The van der Waals surface area contributed by atoms with E-state index < -0.39 is 32.0 Å². The summed E-state index contributed by atoms with van der Waals surface area (Å²) in [4.78, 5) is 13.0. The summed E-state index contributed by atoms with van der Waals surface area (Å²) in [5.74, 6) is -0.551. The van der Waals surface area contributed by atoms with Crippen LogP contribution in [0.25, 0.3) is 0 Å². The molecule has 0 unspecified atom stereocenters. The lowest BCUT2D eigenvalue weighted by Gasteiger charge is -2.29. The van der Waals surface area contributed by atoms with Crippen LogP contribution in [0.15, 0.2) is 71.6 Å². The quantitative estimate of drug-likeness (QED) is 0.467. The average molecular weight is 516 g/mol. The largest absolute Gasteiger partial charge is 0.324 e. The van der Waals surface area contributed by atoms with E-state index in [1.165, 1.54) is 31.2 Å². The van der Waals surface area contributed by atoms with Gasteiger partial charge in [0.05, 0.1) is 16.8 Å². The van der Waals surface area contributed by atoms with E-state index >= 15 is 0 Å². The number of sulfonamides is 2. The van der Waals surface area contributed by atoms with Gasteiger partial charge >= 0.3 is 0 Å². The van der Waals surface area contributed by atoms with Crippen LogP contribution in [0.2, 0.25) is 0 Å². The second-order valence-corrected chi connectivity index (χ2v) is 12.1. The Morgan fingerprint density at radius 2 is 1.34 bits per heavy atom. The average Bonchev–Trinajstić information content (AvgIpc) is 2.77. The number of nitrogens with zero attached hydrogens (tertiary/aromatic N) is 1. The first-order chi connectivity index (χ1) is 16.3. The van der Waals surface area contributed by atoms with Crippen LogP contribution in [0.3, 0.4) is 0 Å². The van der Waals surface area contributed by atoms with Gasteiger partial charge in [-0.2, -0.15) is 0 Å². The van der Waals surface area contributed by atoms with Crippen molar-refractivity contribution < 1.29 is 21.6 Å². The van der Waals surface area contributed by atoms with E-state index in [-0.39, 0.29) is 4.90 Å². The van der Waals surface area contributed by atoms with Gasteiger partial charge < -0.3 is 5.32 Å². The summed E-state index contributed by atoms with van der Waals surface area (Å²) >= 11 is 0. The highest BCUT2D eigenvalue weighted by atomic mass is 32.2. The van der Waals surface area contributed by atoms with Crippen molar-refractivity contribution in [1.29, 1.82) is 0 Å². The highest BCUT2D eigenvalue weighted by Gasteiger charge is 2.30.